The summed E-state index contributed by atoms with van der Waals surface area (Å²) in [7, 11) is 0. The Balaban J connectivity index is 1.05. The van der Waals surface area contributed by atoms with Gasteiger partial charge < -0.3 is 34.9 Å². The number of aromatic amines is 1. The number of H-pyrrole nitrogens is 1. The molecule has 3 aliphatic heterocycles. The number of likely N-dealkylation sites (tertiary alicyclic amines) is 1. The van der Waals surface area contributed by atoms with Gasteiger partial charge in [0.05, 0.1) is 13.2 Å². The van der Waals surface area contributed by atoms with Gasteiger partial charge in [0.15, 0.2) is 0 Å². The number of rotatable bonds is 7. The van der Waals surface area contributed by atoms with E-state index < -0.39 is 6.09 Å². The van der Waals surface area contributed by atoms with Crippen LogP contribution in [0, 0.1) is 0 Å². The van der Waals surface area contributed by atoms with E-state index in [2.05, 4.69) is 14.8 Å². The zero-order valence-electron chi connectivity index (χ0n) is 25.5. The summed E-state index contributed by atoms with van der Waals surface area (Å²) in [6.07, 6.45) is 2.42. The zero-order chi connectivity index (χ0) is 30.8. The molecule has 45 heavy (non-hydrogen) atoms. The predicted octanol–water partition coefficient (Wildman–Crippen LogP) is 4.78. The van der Waals surface area contributed by atoms with Crippen LogP contribution in [0.1, 0.15) is 35.7 Å². The summed E-state index contributed by atoms with van der Waals surface area (Å²) in [4.78, 5) is 23.9. The van der Waals surface area contributed by atoms with Crippen LogP contribution in [0.15, 0.2) is 66.7 Å². The number of nitrogens with zero attached hydrogens (tertiary/aromatic N) is 3. The molecule has 0 spiro atoms. The normalized spacial score (nSPS) is 19.8. The molecule has 7 rings (SSSR count). The molecule has 10 heteroatoms. The molecule has 0 radical (unpaired) electrons. The van der Waals surface area contributed by atoms with E-state index in [0.717, 1.165) is 98.8 Å². The molecule has 1 aromatic heterocycles. The van der Waals surface area contributed by atoms with Gasteiger partial charge >= 0.3 is 6.09 Å². The lowest BCUT2D eigenvalue weighted by Gasteiger charge is -2.35. The summed E-state index contributed by atoms with van der Waals surface area (Å²) in [6, 6.07) is 19.8. The number of aromatic hydroxyl groups is 1. The molecular weight excluding hydrogens is 570 g/mol. The molecule has 2 saturated heterocycles. The number of aromatic nitrogens is 1. The van der Waals surface area contributed by atoms with Crippen LogP contribution in [0.3, 0.4) is 0 Å². The molecule has 4 N–H and O–H groups in total. The number of piperidine rings is 1. The highest BCUT2D eigenvalue weighted by Crippen LogP contribution is 2.40. The van der Waals surface area contributed by atoms with E-state index in [1.165, 1.54) is 12.1 Å². The molecule has 10 nitrogen and oxygen atoms in total. The summed E-state index contributed by atoms with van der Waals surface area (Å²) < 4.78 is 17.7. The Morgan fingerprint density at radius 3 is 2.31 bits per heavy atom. The Hall–Kier alpha value is -4.25. The van der Waals surface area contributed by atoms with Crippen LogP contribution in [0.5, 0.6) is 17.2 Å². The van der Waals surface area contributed by atoms with Crippen LogP contribution in [0.2, 0.25) is 0 Å². The molecule has 0 aliphatic carbocycles. The number of carbonyl (C=O) groups excluding carboxylic acids is 1. The molecule has 0 saturated carbocycles. The van der Waals surface area contributed by atoms with Crippen molar-refractivity contribution in [2.45, 2.75) is 31.4 Å². The first-order chi connectivity index (χ1) is 22.0. The number of fused-ring (bicyclic) bond motifs is 3. The van der Waals surface area contributed by atoms with Gasteiger partial charge in [0.25, 0.3) is 0 Å². The van der Waals surface area contributed by atoms with E-state index in [1.807, 2.05) is 42.5 Å². The fourth-order valence-electron chi connectivity index (χ4n) is 6.80. The maximum Gasteiger partial charge on any atom is 0.416 e. The maximum absolute atomic E-state index is 13.6. The average molecular weight is 612 g/mol. The number of nitrogen functional groups attached to an aromatic ring is 1. The minimum Gasteiger partial charge on any atom is -0.508 e. The van der Waals surface area contributed by atoms with Gasteiger partial charge in [-0.05, 0) is 85.0 Å². The molecular formula is C35H41N5O5. The first-order valence-electron chi connectivity index (χ1n) is 16.0. The van der Waals surface area contributed by atoms with Crippen molar-refractivity contribution in [2.24, 2.45) is 0 Å². The topological polar surface area (TPSA) is 117 Å². The second-order valence-electron chi connectivity index (χ2n) is 12.2. The van der Waals surface area contributed by atoms with Crippen LogP contribution >= 0.6 is 0 Å². The van der Waals surface area contributed by atoms with Gasteiger partial charge in [-0.2, -0.15) is 0 Å². The standard InChI is InChI=1S/C35H41N5O5/c36-25-3-10-32-31(23-25)30-13-16-40(35(42)45-28-8-4-26(41)5-9-28)34(33(30)37-32)24-1-6-27(7-2-24)44-29-11-14-38(15-12-29)17-18-39-19-21-43-22-20-39/h1-10,23,29,34,37,41H,11-22,36H2. The van der Waals surface area contributed by atoms with Crippen molar-refractivity contribution in [3.63, 3.8) is 0 Å². The van der Waals surface area contributed by atoms with Crippen LogP contribution in [0.4, 0.5) is 10.5 Å². The predicted molar refractivity (Wildman–Crippen MR) is 173 cm³/mol. The van der Waals surface area contributed by atoms with Crippen LogP contribution in [-0.4, -0.2) is 96.0 Å². The highest BCUT2D eigenvalue weighted by atomic mass is 16.6. The molecule has 3 aromatic carbocycles. The van der Waals surface area contributed by atoms with E-state index in [0.29, 0.717) is 24.4 Å². The van der Waals surface area contributed by atoms with Gasteiger partial charge in [0.1, 0.15) is 29.4 Å². The summed E-state index contributed by atoms with van der Waals surface area (Å²) in [5, 5.41) is 10.7. The molecule has 236 valence electrons. The molecule has 4 aromatic rings. The molecule has 2 fully saturated rings. The smallest absolute Gasteiger partial charge is 0.416 e. The Morgan fingerprint density at radius 1 is 0.889 bits per heavy atom. The number of ether oxygens (including phenoxy) is 3. The quantitative estimate of drug-likeness (QED) is 0.256. The van der Waals surface area contributed by atoms with E-state index in [9.17, 15) is 9.90 Å². The summed E-state index contributed by atoms with van der Waals surface area (Å²) in [5.74, 6) is 1.33. The lowest BCUT2D eigenvalue weighted by molar-refractivity contribution is 0.0289. The third kappa shape index (κ3) is 6.58. The summed E-state index contributed by atoms with van der Waals surface area (Å²) in [6.45, 7) is 8.51. The number of morpholine rings is 1. The molecule has 1 amide bonds. The van der Waals surface area contributed by atoms with Crippen molar-refractivity contribution in [1.82, 2.24) is 19.7 Å². The summed E-state index contributed by atoms with van der Waals surface area (Å²) in [5.41, 5.74) is 10.9. The maximum atomic E-state index is 13.6. The number of nitrogens with two attached hydrogens (primary N) is 1. The van der Waals surface area contributed by atoms with Gasteiger partial charge in [-0.15, -0.1) is 0 Å². The number of amides is 1. The number of benzene rings is 3. The third-order valence-electron chi connectivity index (χ3n) is 9.30. The fourth-order valence-corrected chi connectivity index (χ4v) is 6.80. The number of nitrogens with one attached hydrogen (secondary N) is 1. The van der Waals surface area contributed by atoms with Gasteiger partial charge in [-0.1, -0.05) is 12.1 Å². The van der Waals surface area contributed by atoms with Crippen molar-refractivity contribution < 1.29 is 24.1 Å². The van der Waals surface area contributed by atoms with Crippen LogP contribution in [-0.2, 0) is 11.2 Å². The van der Waals surface area contributed by atoms with Crippen molar-refractivity contribution in [1.29, 1.82) is 0 Å². The van der Waals surface area contributed by atoms with E-state index >= 15 is 0 Å². The Kier molecular flexibility index (Phi) is 8.51. The highest BCUT2D eigenvalue weighted by molar-refractivity contribution is 5.88. The molecule has 0 bridgehead atoms. The van der Waals surface area contributed by atoms with Gasteiger partial charge in [0.2, 0.25) is 0 Å². The first-order valence-corrected chi connectivity index (χ1v) is 16.0. The third-order valence-corrected chi connectivity index (χ3v) is 9.30. The van der Waals surface area contributed by atoms with Gasteiger partial charge in [-0.3, -0.25) is 9.80 Å². The van der Waals surface area contributed by atoms with Gasteiger partial charge in [-0.25, -0.2) is 4.79 Å². The highest BCUT2D eigenvalue weighted by Gasteiger charge is 2.36. The molecule has 1 unspecified atom stereocenters. The largest absolute Gasteiger partial charge is 0.508 e. The van der Waals surface area contributed by atoms with E-state index in [-0.39, 0.29) is 17.9 Å². The number of anilines is 1. The van der Waals surface area contributed by atoms with Gasteiger partial charge in [0, 0.05) is 68.1 Å². The van der Waals surface area contributed by atoms with Crippen molar-refractivity contribution in [3.8, 4) is 17.2 Å². The lowest BCUT2D eigenvalue weighted by atomic mass is 9.92. The van der Waals surface area contributed by atoms with E-state index in [4.69, 9.17) is 19.9 Å². The summed E-state index contributed by atoms with van der Waals surface area (Å²) >= 11 is 0. The average Bonchev–Trinajstić information content (AvgIpc) is 3.44. The number of hydrogen-bond donors (Lipinski definition) is 3. The Bertz CT molecular complexity index is 1610. The van der Waals surface area contributed by atoms with Crippen molar-refractivity contribution in [3.05, 3.63) is 83.6 Å². The number of hydrogen-bond acceptors (Lipinski definition) is 8. The van der Waals surface area contributed by atoms with Crippen LogP contribution < -0.4 is 15.2 Å². The monoisotopic (exact) mass is 611 g/mol. The first kappa shape index (κ1) is 29.5. The SMILES string of the molecule is Nc1ccc2[nH]c3c(c2c1)CCN(C(=O)Oc1ccc(O)cc1)C3c1ccc(OC2CCN(CCN3CCOCC3)CC2)cc1. The minimum absolute atomic E-state index is 0.115. The van der Waals surface area contributed by atoms with Crippen molar-refractivity contribution in [2.75, 3.05) is 64.8 Å². The minimum atomic E-state index is -0.449. The van der Waals surface area contributed by atoms with Crippen LogP contribution in [0.25, 0.3) is 10.9 Å². The molecule has 4 heterocycles. The number of phenols is 1. The Labute approximate surface area is 263 Å². The van der Waals surface area contributed by atoms with Crippen molar-refractivity contribution >= 4 is 22.7 Å². The second kappa shape index (κ2) is 13.0. The fraction of sp³-hybridized carbons (Fsp3) is 0.400. The molecule has 1 atom stereocenters. The second-order valence-corrected chi connectivity index (χ2v) is 12.2. The number of phenolic OH excluding ortho intramolecular Hbond substituents is 1. The lowest BCUT2D eigenvalue weighted by Crippen LogP contribution is -2.44. The Morgan fingerprint density at radius 2 is 1.58 bits per heavy atom. The molecule has 3 aliphatic rings. The number of carbonyl (C=O) groups is 1. The zero-order valence-corrected chi connectivity index (χ0v) is 25.5. The van der Waals surface area contributed by atoms with E-state index in [1.54, 1.807) is 17.0 Å².